The van der Waals surface area contributed by atoms with Crippen molar-refractivity contribution in [3.8, 4) is 11.3 Å². The van der Waals surface area contributed by atoms with E-state index in [9.17, 15) is 4.79 Å². The predicted octanol–water partition coefficient (Wildman–Crippen LogP) is 4.05. The Morgan fingerprint density at radius 1 is 1.23 bits per heavy atom. The summed E-state index contributed by atoms with van der Waals surface area (Å²) in [5.41, 5.74) is 4.42. The molecule has 6 nitrogen and oxygen atoms in total. The van der Waals surface area contributed by atoms with Gasteiger partial charge in [0.1, 0.15) is 0 Å². The lowest BCUT2D eigenvalue weighted by atomic mass is 10.1. The first-order chi connectivity index (χ1) is 12.5. The summed E-state index contributed by atoms with van der Waals surface area (Å²) >= 11 is 3.52. The first-order valence-electron chi connectivity index (χ1n) is 8.47. The predicted molar refractivity (Wildman–Crippen MR) is 103 cm³/mol. The third-order valence-electron chi connectivity index (χ3n) is 4.20. The first kappa shape index (κ1) is 18.4. The number of halogens is 1. The van der Waals surface area contributed by atoms with Crippen molar-refractivity contribution < 1.29 is 9.32 Å². The lowest BCUT2D eigenvalue weighted by Gasteiger charge is -2.05. The van der Waals surface area contributed by atoms with E-state index in [1.165, 1.54) is 5.56 Å². The van der Waals surface area contributed by atoms with Crippen molar-refractivity contribution in [2.75, 3.05) is 6.54 Å². The third-order valence-corrected chi connectivity index (χ3v) is 5.35. The van der Waals surface area contributed by atoms with E-state index in [0.717, 1.165) is 34.4 Å². The quantitative estimate of drug-likeness (QED) is 0.615. The topological polar surface area (TPSA) is 73.0 Å². The molecule has 7 heteroatoms. The van der Waals surface area contributed by atoms with E-state index in [-0.39, 0.29) is 11.6 Å². The minimum atomic E-state index is -0.235. The van der Waals surface area contributed by atoms with E-state index in [0.29, 0.717) is 12.3 Å². The fraction of sp³-hybridized carbons (Fsp3) is 0.316. The highest BCUT2D eigenvalue weighted by Crippen LogP contribution is 2.21. The third kappa shape index (κ3) is 4.04. The van der Waals surface area contributed by atoms with Crippen molar-refractivity contribution in [1.29, 1.82) is 0 Å². The molecular formula is C19H21BrN4O2. The van der Waals surface area contributed by atoms with E-state index in [2.05, 4.69) is 31.5 Å². The molecule has 0 atom stereocenters. The lowest BCUT2D eigenvalue weighted by molar-refractivity contribution is 0.0943. The normalized spacial score (nSPS) is 10.9. The molecule has 3 aromatic rings. The number of carbonyl (C=O) groups is 1. The van der Waals surface area contributed by atoms with Crippen molar-refractivity contribution in [3.63, 3.8) is 0 Å². The number of hydrogen-bond acceptors (Lipinski definition) is 4. The zero-order valence-corrected chi connectivity index (χ0v) is 16.6. The Kier molecular flexibility index (Phi) is 5.56. The van der Waals surface area contributed by atoms with Crippen molar-refractivity contribution in [2.24, 2.45) is 0 Å². The van der Waals surface area contributed by atoms with Gasteiger partial charge in [0, 0.05) is 30.4 Å². The molecule has 2 heterocycles. The number of carbonyl (C=O) groups excluding carboxylic acids is 1. The molecular weight excluding hydrogens is 396 g/mol. The molecule has 0 aliphatic heterocycles. The van der Waals surface area contributed by atoms with Gasteiger partial charge in [0.05, 0.1) is 10.2 Å². The minimum Gasteiger partial charge on any atom is -0.355 e. The van der Waals surface area contributed by atoms with Crippen molar-refractivity contribution in [2.45, 2.75) is 33.7 Å². The summed E-state index contributed by atoms with van der Waals surface area (Å²) in [7, 11) is 0. The van der Waals surface area contributed by atoms with Crippen LogP contribution in [0.1, 0.15) is 33.9 Å². The summed E-state index contributed by atoms with van der Waals surface area (Å²) < 4.78 is 8.27. The molecule has 0 unspecified atom stereocenters. The smallest absolute Gasteiger partial charge is 0.273 e. The molecule has 26 heavy (non-hydrogen) atoms. The number of amides is 1. The summed E-state index contributed by atoms with van der Waals surface area (Å²) in [6, 6.07) is 9.55. The Morgan fingerprint density at radius 3 is 2.62 bits per heavy atom. The van der Waals surface area contributed by atoms with Gasteiger partial charge in [0.25, 0.3) is 5.91 Å². The van der Waals surface area contributed by atoms with Gasteiger partial charge in [-0.2, -0.15) is 5.10 Å². The Hall–Kier alpha value is -2.41. The summed E-state index contributed by atoms with van der Waals surface area (Å²) in [5.74, 6) is 0.351. The standard InChI is InChI=1S/C19H21BrN4O2/c1-12-5-7-15(8-6-12)17-11-16(23-26-17)19(25)21-9-4-10-24-14(3)18(20)13(2)22-24/h5-8,11H,4,9-10H2,1-3H3,(H,21,25). The molecule has 3 rings (SSSR count). The molecule has 0 saturated carbocycles. The maximum absolute atomic E-state index is 12.2. The molecule has 0 saturated heterocycles. The summed E-state index contributed by atoms with van der Waals surface area (Å²) in [6.45, 7) is 7.29. The van der Waals surface area contributed by atoms with Crippen LogP contribution in [0, 0.1) is 20.8 Å². The average molecular weight is 417 g/mol. The molecule has 1 amide bonds. The van der Waals surface area contributed by atoms with E-state index in [1.54, 1.807) is 6.07 Å². The van der Waals surface area contributed by atoms with Gasteiger partial charge in [-0.05, 0) is 43.1 Å². The van der Waals surface area contributed by atoms with Crippen LogP contribution in [0.2, 0.25) is 0 Å². The van der Waals surface area contributed by atoms with Crippen molar-refractivity contribution >= 4 is 21.8 Å². The highest BCUT2D eigenvalue weighted by atomic mass is 79.9. The number of nitrogens with zero attached hydrogens (tertiary/aromatic N) is 3. The van der Waals surface area contributed by atoms with Gasteiger partial charge >= 0.3 is 0 Å². The summed E-state index contributed by atoms with van der Waals surface area (Å²) in [4.78, 5) is 12.2. The molecule has 0 aliphatic rings. The lowest BCUT2D eigenvalue weighted by Crippen LogP contribution is -2.25. The largest absolute Gasteiger partial charge is 0.355 e. The molecule has 0 bridgehead atoms. The molecule has 1 N–H and O–H groups in total. The Balaban J connectivity index is 1.52. The highest BCUT2D eigenvalue weighted by Gasteiger charge is 2.13. The number of benzene rings is 1. The zero-order chi connectivity index (χ0) is 18.7. The SMILES string of the molecule is Cc1ccc(-c2cc(C(=O)NCCCn3nc(C)c(Br)c3C)no2)cc1. The van der Waals surface area contributed by atoms with Crippen LogP contribution in [-0.4, -0.2) is 27.4 Å². The summed E-state index contributed by atoms with van der Waals surface area (Å²) in [6.07, 6.45) is 0.781. The van der Waals surface area contributed by atoms with Gasteiger partial charge in [-0.15, -0.1) is 0 Å². The van der Waals surface area contributed by atoms with E-state index in [1.807, 2.05) is 49.7 Å². The average Bonchev–Trinajstić information content (AvgIpc) is 3.21. The maximum Gasteiger partial charge on any atom is 0.273 e. The van der Waals surface area contributed by atoms with Gasteiger partial charge in [-0.3, -0.25) is 9.48 Å². The number of hydrogen-bond donors (Lipinski definition) is 1. The van der Waals surface area contributed by atoms with Crippen LogP contribution >= 0.6 is 15.9 Å². The maximum atomic E-state index is 12.2. The van der Waals surface area contributed by atoms with Crippen LogP contribution in [0.5, 0.6) is 0 Å². The van der Waals surface area contributed by atoms with E-state index >= 15 is 0 Å². The number of rotatable bonds is 6. The number of nitrogens with one attached hydrogen (secondary N) is 1. The Bertz CT molecular complexity index is 912. The molecule has 1 aromatic carbocycles. The molecule has 0 fully saturated rings. The molecule has 2 aromatic heterocycles. The fourth-order valence-electron chi connectivity index (χ4n) is 2.65. The van der Waals surface area contributed by atoms with Crippen LogP contribution in [0.25, 0.3) is 11.3 Å². The first-order valence-corrected chi connectivity index (χ1v) is 9.26. The van der Waals surface area contributed by atoms with Crippen LogP contribution in [0.3, 0.4) is 0 Å². The second-order valence-electron chi connectivity index (χ2n) is 6.26. The van der Waals surface area contributed by atoms with Gasteiger partial charge in [-0.1, -0.05) is 35.0 Å². The molecule has 0 spiro atoms. The summed E-state index contributed by atoms with van der Waals surface area (Å²) in [5, 5.41) is 11.2. The molecule has 0 radical (unpaired) electrons. The van der Waals surface area contributed by atoms with E-state index < -0.39 is 0 Å². The monoisotopic (exact) mass is 416 g/mol. The van der Waals surface area contributed by atoms with Gasteiger partial charge in [0.2, 0.25) is 0 Å². The van der Waals surface area contributed by atoms with Crippen LogP contribution in [-0.2, 0) is 6.54 Å². The van der Waals surface area contributed by atoms with Crippen LogP contribution < -0.4 is 5.32 Å². The highest BCUT2D eigenvalue weighted by molar-refractivity contribution is 9.10. The number of aromatic nitrogens is 3. The molecule has 0 aliphatic carbocycles. The van der Waals surface area contributed by atoms with Crippen LogP contribution in [0.15, 0.2) is 39.3 Å². The van der Waals surface area contributed by atoms with E-state index in [4.69, 9.17) is 4.52 Å². The second kappa shape index (κ2) is 7.86. The van der Waals surface area contributed by atoms with Gasteiger partial charge in [-0.25, -0.2) is 0 Å². The van der Waals surface area contributed by atoms with Gasteiger partial charge in [0.15, 0.2) is 11.5 Å². The van der Waals surface area contributed by atoms with Crippen molar-refractivity contribution in [1.82, 2.24) is 20.3 Å². The zero-order valence-electron chi connectivity index (χ0n) is 15.0. The Labute approximate surface area is 160 Å². The molecule has 136 valence electrons. The Morgan fingerprint density at radius 2 is 1.96 bits per heavy atom. The fourth-order valence-corrected chi connectivity index (χ4v) is 2.93. The van der Waals surface area contributed by atoms with Gasteiger partial charge < -0.3 is 9.84 Å². The minimum absolute atomic E-state index is 0.235. The van der Waals surface area contributed by atoms with Crippen LogP contribution in [0.4, 0.5) is 0 Å². The van der Waals surface area contributed by atoms with Crippen molar-refractivity contribution in [3.05, 3.63) is 57.4 Å². The second-order valence-corrected chi connectivity index (χ2v) is 7.05. The number of aryl methyl sites for hydroxylation is 3.